The molecule has 0 fully saturated rings. The lowest BCUT2D eigenvalue weighted by Gasteiger charge is -2.12. The van der Waals surface area contributed by atoms with E-state index in [-0.39, 0.29) is 5.92 Å². The summed E-state index contributed by atoms with van der Waals surface area (Å²) in [7, 11) is -2.34. The molecule has 2 atom stereocenters. The zero-order valence-corrected chi connectivity index (χ0v) is 8.73. The van der Waals surface area contributed by atoms with Crippen molar-refractivity contribution in [1.82, 2.24) is 0 Å². The predicted molar refractivity (Wildman–Crippen MR) is 55.6 cm³/mol. The van der Waals surface area contributed by atoms with Crippen molar-refractivity contribution in [2.75, 3.05) is 6.16 Å². The molecular weight excluding hydrogens is 183 g/mol. The molecule has 0 spiro atoms. The predicted octanol–water partition coefficient (Wildman–Crippen LogP) is 2.65. The van der Waals surface area contributed by atoms with Gasteiger partial charge in [-0.3, -0.25) is 4.57 Å². The molecule has 0 aromatic heterocycles. The summed E-state index contributed by atoms with van der Waals surface area (Å²) in [6.07, 6.45) is 1.33. The van der Waals surface area contributed by atoms with Crippen molar-refractivity contribution < 1.29 is 9.46 Å². The average Bonchev–Trinajstić information content (AvgIpc) is 2.15. The van der Waals surface area contributed by atoms with Crippen LogP contribution >= 0.6 is 8.03 Å². The molecule has 72 valence electrons. The summed E-state index contributed by atoms with van der Waals surface area (Å²) in [6.45, 7) is 2.04. The van der Waals surface area contributed by atoms with Crippen molar-refractivity contribution in [3.8, 4) is 0 Å². The largest absolute Gasteiger partial charge is 0.346 e. The third-order valence-corrected chi connectivity index (χ3v) is 3.03. The smallest absolute Gasteiger partial charge is 0.189 e. The van der Waals surface area contributed by atoms with Crippen molar-refractivity contribution in [2.24, 2.45) is 0 Å². The summed E-state index contributed by atoms with van der Waals surface area (Å²) >= 11 is 0. The Labute approximate surface area is 79.5 Å². The molecular formula is C10H15O2P. The highest BCUT2D eigenvalue weighted by Crippen LogP contribution is 2.28. The molecule has 3 heteroatoms. The molecule has 1 aromatic rings. The van der Waals surface area contributed by atoms with E-state index < -0.39 is 8.03 Å². The minimum atomic E-state index is -2.34. The average molecular weight is 198 g/mol. The molecule has 0 saturated heterocycles. The van der Waals surface area contributed by atoms with Gasteiger partial charge in [0.2, 0.25) is 0 Å². The van der Waals surface area contributed by atoms with E-state index >= 15 is 0 Å². The van der Waals surface area contributed by atoms with Crippen LogP contribution < -0.4 is 0 Å². The normalized spacial score (nSPS) is 15.2. The molecule has 0 amide bonds. The molecule has 0 heterocycles. The van der Waals surface area contributed by atoms with Crippen LogP contribution in [-0.2, 0) is 4.57 Å². The van der Waals surface area contributed by atoms with Gasteiger partial charge in [-0.05, 0) is 17.9 Å². The van der Waals surface area contributed by atoms with Crippen LogP contribution in [0.4, 0.5) is 0 Å². The van der Waals surface area contributed by atoms with E-state index in [1.54, 1.807) is 0 Å². The van der Waals surface area contributed by atoms with Crippen molar-refractivity contribution in [3.63, 3.8) is 0 Å². The minimum absolute atomic E-state index is 0.234. The zero-order valence-electron chi connectivity index (χ0n) is 7.73. The molecule has 1 aromatic carbocycles. The lowest BCUT2D eigenvalue weighted by molar-refractivity contribution is 0.496. The Morgan fingerprint density at radius 1 is 1.38 bits per heavy atom. The first-order valence-electron chi connectivity index (χ1n) is 4.50. The first-order chi connectivity index (χ1) is 6.24. The second-order valence-corrected chi connectivity index (χ2v) is 4.31. The van der Waals surface area contributed by atoms with E-state index in [1.807, 2.05) is 37.3 Å². The number of benzene rings is 1. The van der Waals surface area contributed by atoms with Gasteiger partial charge in [0.1, 0.15) is 0 Å². The van der Waals surface area contributed by atoms with Gasteiger partial charge >= 0.3 is 0 Å². The molecule has 0 aliphatic rings. The van der Waals surface area contributed by atoms with Crippen molar-refractivity contribution >= 4 is 8.03 Å². The van der Waals surface area contributed by atoms with Gasteiger partial charge in [0.15, 0.2) is 8.03 Å². The summed E-state index contributed by atoms with van der Waals surface area (Å²) in [5.74, 6) is 0.234. The second kappa shape index (κ2) is 5.21. The summed E-state index contributed by atoms with van der Waals surface area (Å²) in [5.41, 5.74) is 1.16. The molecule has 1 N–H and O–H groups in total. The first kappa shape index (κ1) is 10.5. The fourth-order valence-electron chi connectivity index (χ4n) is 1.43. The minimum Gasteiger partial charge on any atom is -0.346 e. The Balaban J connectivity index is 2.73. The quantitative estimate of drug-likeness (QED) is 0.755. The lowest BCUT2D eigenvalue weighted by Crippen LogP contribution is -1.99. The molecule has 2 unspecified atom stereocenters. The molecule has 2 nitrogen and oxygen atoms in total. The maximum absolute atomic E-state index is 10.7. The van der Waals surface area contributed by atoms with Crippen molar-refractivity contribution in [1.29, 1.82) is 0 Å². The molecule has 13 heavy (non-hydrogen) atoms. The Kier molecular flexibility index (Phi) is 4.20. The van der Waals surface area contributed by atoms with Gasteiger partial charge in [-0.2, -0.15) is 0 Å². The fraction of sp³-hybridized carbons (Fsp3) is 0.400. The number of hydrogen-bond donors (Lipinski definition) is 1. The van der Waals surface area contributed by atoms with Crippen LogP contribution in [-0.4, -0.2) is 11.1 Å². The van der Waals surface area contributed by atoms with Crippen molar-refractivity contribution in [2.45, 2.75) is 19.3 Å². The summed E-state index contributed by atoms with van der Waals surface area (Å²) in [6, 6.07) is 9.91. The molecule has 1 rings (SSSR count). The van der Waals surface area contributed by atoms with E-state index in [0.717, 1.165) is 12.0 Å². The van der Waals surface area contributed by atoms with E-state index in [4.69, 9.17) is 4.89 Å². The van der Waals surface area contributed by atoms with E-state index in [2.05, 4.69) is 0 Å². The molecule has 0 aliphatic heterocycles. The van der Waals surface area contributed by atoms with Crippen LogP contribution in [0.5, 0.6) is 0 Å². The third kappa shape index (κ3) is 3.33. The highest BCUT2D eigenvalue weighted by Gasteiger charge is 2.10. The number of rotatable bonds is 4. The van der Waals surface area contributed by atoms with E-state index in [9.17, 15) is 4.57 Å². The Morgan fingerprint density at radius 2 is 2.00 bits per heavy atom. The first-order valence-corrected chi connectivity index (χ1v) is 6.07. The maximum atomic E-state index is 10.7. The maximum Gasteiger partial charge on any atom is 0.189 e. The summed E-state index contributed by atoms with van der Waals surface area (Å²) in [5, 5.41) is 0. The Bertz CT molecular complexity index is 272. The van der Waals surface area contributed by atoms with Crippen LogP contribution in [0, 0.1) is 0 Å². The SMILES string of the molecule is CCC(C[PH](=O)O)c1ccccc1. The van der Waals surface area contributed by atoms with Gasteiger partial charge in [0.05, 0.1) is 0 Å². The van der Waals surface area contributed by atoms with Gasteiger partial charge < -0.3 is 4.89 Å². The van der Waals surface area contributed by atoms with Crippen LogP contribution in [0.15, 0.2) is 30.3 Å². The van der Waals surface area contributed by atoms with E-state index in [0.29, 0.717) is 6.16 Å². The number of hydrogen-bond acceptors (Lipinski definition) is 1. The van der Waals surface area contributed by atoms with Gasteiger partial charge in [-0.1, -0.05) is 37.3 Å². The topological polar surface area (TPSA) is 37.3 Å². The van der Waals surface area contributed by atoms with Gasteiger partial charge in [0.25, 0.3) is 0 Å². The molecule has 0 saturated carbocycles. The Hall–Kier alpha value is -0.590. The zero-order chi connectivity index (χ0) is 9.68. The van der Waals surface area contributed by atoms with Gasteiger partial charge in [-0.25, -0.2) is 0 Å². The monoisotopic (exact) mass is 198 g/mol. The standard InChI is InChI=1S/C10H15O2P/c1-2-9(8-13(11)12)10-6-4-3-5-7-10/h3-7,9,13H,2,8H2,1H3,(H,11,12). The highest BCUT2D eigenvalue weighted by molar-refractivity contribution is 7.38. The molecule has 0 bridgehead atoms. The molecule has 0 aliphatic carbocycles. The third-order valence-electron chi connectivity index (χ3n) is 2.18. The fourth-order valence-corrected chi connectivity index (χ4v) is 2.38. The Morgan fingerprint density at radius 3 is 2.46 bits per heavy atom. The van der Waals surface area contributed by atoms with Crippen LogP contribution in [0.1, 0.15) is 24.8 Å². The van der Waals surface area contributed by atoms with Crippen LogP contribution in [0.3, 0.4) is 0 Å². The lowest BCUT2D eigenvalue weighted by atomic mass is 9.99. The second-order valence-electron chi connectivity index (χ2n) is 3.11. The highest BCUT2D eigenvalue weighted by atomic mass is 31.1. The summed E-state index contributed by atoms with van der Waals surface area (Å²) in [4.78, 5) is 8.86. The van der Waals surface area contributed by atoms with Crippen LogP contribution in [0.25, 0.3) is 0 Å². The summed E-state index contributed by atoms with van der Waals surface area (Å²) < 4.78 is 10.7. The van der Waals surface area contributed by atoms with Crippen molar-refractivity contribution in [3.05, 3.63) is 35.9 Å². The van der Waals surface area contributed by atoms with Gasteiger partial charge in [-0.15, -0.1) is 0 Å². The molecule has 0 radical (unpaired) electrons. The van der Waals surface area contributed by atoms with E-state index in [1.165, 1.54) is 0 Å². The van der Waals surface area contributed by atoms with Gasteiger partial charge in [0, 0.05) is 6.16 Å². The van der Waals surface area contributed by atoms with Crippen LogP contribution in [0.2, 0.25) is 0 Å².